The van der Waals surface area contributed by atoms with E-state index < -0.39 is 0 Å². The van der Waals surface area contributed by atoms with E-state index >= 15 is 0 Å². The minimum Gasteiger partial charge on any atom is -0.382 e. The fourth-order valence-corrected chi connectivity index (χ4v) is 5.09. The summed E-state index contributed by atoms with van der Waals surface area (Å²) in [6.45, 7) is 8.58. The number of ether oxygens (including phenoxy) is 1. The van der Waals surface area contributed by atoms with Crippen LogP contribution in [0.2, 0.25) is 0 Å². The number of carbonyl (C=O) groups is 1. The molecule has 0 atom stereocenters. The van der Waals surface area contributed by atoms with Gasteiger partial charge in [0.25, 0.3) is 11.5 Å². The quantitative estimate of drug-likeness (QED) is 0.234. The predicted octanol–water partition coefficient (Wildman–Crippen LogP) is 5.01. The Kier molecular flexibility index (Phi) is 10.1. The first-order valence-electron chi connectivity index (χ1n) is 12.1. The van der Waals surface area contributed by atoms with E-state index in [1.807, 2.05) is 26.0 Å². The number of hydrogen-bond acceptors (Lipinski definition) is 7. The largest absolute Gasteiger partial charge is 0.382 e. The molecule has 0 aliphatic carbocycles. The molecule has 1 aliphatic rings. The summed E-state index contributed by atoms with van der Waals surface area (Å²) in [7, 11) is 0. The SMILES string of the molecule is CCCCCCCN1C(=O)C(=Cc2c(NCCCOCC)nc3c(C)cccn3c2=O)SC1=S. The lowest BCUT2D eigenvalue weighted by atomic mass is 10.1. The number of nitrogens with one attached hydrogen (secondary N) is 1. The van der Waals surface area contributed by atoms with Crippen LogP contribution in [0.15, 0.2) is 28.0 Å². The molecule has 3 rings (SSSR count). The molecule has 0 unspecified atom stereocenters. The summed E-state index contributed by atoms with van der Waals surface area (Å²) in [5.41, 5.74) is 1.64. The lowest BCUT2D eigenvalue weighted by molar-refractivity contribution is -0.122. The Hall–Kier alpha value is -2.23. The van der Waals surface area contributed by atoms with E-state index in [4.69, 9.17) is 21.9 Å². The van der Waals surface area contributed by atoms with Crippen molar-refractivity contribution in [2.75, 3.05) is 31.6 Å². The van der Waals surface area contributed by atoms with Crippen LogP contribution in [0.4, 0.5) is 5.82 Å². The van der Waals surface area contributed by atoms with Gasteiger partial charge in [-0.2, -0.15) is 0 Å². The van der Waals surface area contributed by atoms with Crippen LogP contribution in [-0.2, 0) is 9.53 Å². The van der Waals surface area contributed by atoms with E-state index in [9.17, 15) is 9.59 Å². The fourth-order valence-electron chi connectivity index (χ4n) is 3.80. The van der Waals surface area contributed by atoms with Crippen LogP contribution in [0.1, 0.15) is 63.5 Å². The number of aromatic nitrogens is 2. The van der Waals surface area contributed by atoms with Crippen LogP contribution in [0.3, 0.4) is 0 Å². The number of nitrogens with zero attached hydrogens (tertiary/aromatic N) is 3. The highest BCUT2D eigenvalue weighted by molar-refractivity contribution is 8.26. The molecule has 1 N–H and O–H groups in total. The Morgan fingerprint density at radius 2 is 1.97 bits per heavy atom. The number of hydrogen-bond donors (Lipinski definition) is 1. The topological polar surface area (TPSA) is 75.9 Å². The Bertz CT molecular complexity index is 1110. The van der Waals surface area contributed by atoms with E-state index in [1.165, 1.54) is 35.4 Å². The molecular formula is C25H34N4O3S2. The van der Waals surface area contributed by atoms with Crippen LogP contribution in [-0.4, -0.2) is 50.8 Å². The van der Waals surface area contributed by atoms with E-state index in [1.54, 1.807) is 17.2 Å². The summed E-state index contributed by atoms with van der Waals surface area (Å²) >= 11 is 6.73. The highest BCUT2D eigenvalue weighted by atomic mass is 32.2. The first-order valence-corrected chi connectivity index (χ1v) is 13.3. The van der Waals surface area contributed by atoms with Gasteiger partial charge in [0.2, 0.25) is 0 Å². The Labute approximate surface area is 211 Å². The summed E-state index contributed by atoms with van der Waals surface area (Å²) < 4.78 is 7.48. The number of fused-ring (bicyclic) bond motifs is 1. The molecule has 1 aliphatic heterocycles. The lowest BCUT2D eigenvalue weighted by Gasteiger charge is -2.14. The average molecular weight is 503 g/mol. The Morgan fingerprint density at radius 1 is 1.18 bits per heavy atom. The van der Waals surface area contributed by atoms with E-state index in [2.05, 4.69) is 12.2 Å². The first-order chi connectivity index (χ1) is 16.5. The van der Waals surface area contributed by atoms with Crippen LogP contribution < -0.4 is 10.9 Å². The monoisotopic (exact) mass is 502 g/mol. The molecule has 184 valence electrons. The lowest BCUT2D eigenvalue weighted by Crippen LogP contribution is -2.29. The first kappa shape index (κ1) is 26.4. The molecule has 0 spiro atoms. The number of carbonyl (C=O) groups excluding carboxylic acids is 1. The van der Waals surface area contributed by atoms with Gasteiger partial charge in [0.15, 0.2) is 0 Å². The van der Waals surface area contributed by atoms with Gasteiger partial charge < -0.3 is 10.1 Å². The number of thiocarbonyl (C=S) groups is 1. The van der Waals surface area contributed by atoms with Crippen molar-refractivity contribution in [1.82, 2.24) is 14.3 Å². The minimum absolute atomic E-state index is 0.137. The van der Waals surface area contributed by atoms with Crippen molar-refractivity contribution in [2.24, 2.45) is 0 Å². The number of unbranched alkanes of at least 4 members (excludes halogenated alkanes) is 4. The molecule has 1 amide bonds. The highest BCUT2D eigenvalue weighted by Crippen LogP contribution is 2.33. The van der Waals surface area contributed by atoms with Crippen molar-refractivity contribution in [3.63, 3.8) is 0 Å². The molecule has 0 aromatic carbocycles. The second-order valence-electron chi connectivity index (χ2n) is 8.29. The second-order valence-corrected chi connectivity index (χ2v) is 9.96. The molecule has 2 aromatic rings. The van der Waals surface area contributed by atoms with E-state index in [-0.39, 0.29) is 11.5 Å². The number of pyridine rings is 1. The molecule has 9 heteroatoms. The highest BCUT2D eigenvalue weighted by Gasteiger charge is 2.32. The molecule has 0 saturated carbocycles. The molecule has 0 radical (unpaired) electrons. The summed E-state index contributed by atoms with van der Waals surface area (Å²) in [4.78, 5) is 33.4. The van der Waals surface area contributed by atoms with Gasteiger partial charge in [-0.1, -0.05) is 62.7 Å². The molecule has 2 aromatic heterocycles. The number of anilines is 1. The van der Waals surface area contributed by atoms with Crippen molar-refractivity contribution in [3.8, 4) is 0 Å². The van der Waals surface area contributed by atoms with Crippen molar-refractivity contribution < 1.29 is 9.53 Å². The molecule has 34 heavy (non-hydrogen) atoms. The summed E-state index contributed by atoms with van der Waals surface area (Å²) in [6.07, 6.45) is 9.68. The van der Waals surface area contributed by atoms with Gasteiger partial charge in [-0.05, 0) is 44.4 Å². The summed E-state index contributed by atoms with van der Waals surface area (Å²) in [5, 5.41) is 3.28. The Morgan fingerprint density at radius 3 is 2.74 bits per heavy atom. The Balaban J connectivity index is 1.87. The minimum atomic E-state index is -0.217. The third-order valence-electron chi connectivity index (χ3n) is 5.68. The maximum Gasteiger partial charge on any atom is 0.267 e. The van der Waals surface area contributed by atoms with Crippen LogP contribution in [0.25, 0.3) is 11.7 Å². The molecule has 3 heterocycles. The fraction of sp³-hybridized carbons (Fsp3) is 0.520. The summed E-state index contributed by atoms with van der Waals surface area (Å²) in [6, 6.07) is 3.74. The average Bonchev–Trinajstić information content (AvgIpc) is 3.09. The number of aryl methyl sites for hydroxylation is 1. The van der Waals surface area contributed by atoms with Gasteiger partial charge in [0.1, 0.15) is 15.8 Å². The maximum atomic E-state index is 13.4. The number of thioether (sulfide) groups is 1. The predicted molar refractivity (Wildman–Crippen MR) is 144 cm³/mol. The number of amides is 1. The van der Waals surface area contributed by atoms with Crippen molar-refractivity contribution in [2.45, 2.75) is 59.3 Å². The van der Waals surface area contributed by atoms with Gasteiger partial charge in [0.05, 0.1) is 10.5 Å². The standard InChI is InChI=1S/C25H34N4O3S2/c1-4-6-7-8-9-14-29-24(31)20(34-25(29)33)17-19-21(26-13-11-16-32-5-2)27-22-18(3)12-10-15-28(22)23(19)30/h10,12,15,17,26H,4-9,11,13-14,16H2,1-3H3. The van der Waals surface area contributed by atoms with Gasteiger partial charge in [-0.15, -0.1) is 0 Å². The van der Waals surface area contributed by atoms with E-state index in [0.717, 1.165) is 24.8 Å². The third-order valence-corrected chi connectivity index (χ3v) is 7.06. The van der Waals surface area contributed by atoms with Crippen molar-refractivity contribution in [1.29, 1.82) is 0 Å². The van der Waals surface area contributed by atoms with Gasteiger partial charge in [-0.25, -0.2) is 4.98 Å². The third kappa shape index (κ3) is 6.46. The summed E-state index contributed by atoms with van der Waals surface area (Å²) in [5.74, 6) is 0.335. The molecule has 0 bridgehead atoms. The van der Waals surface area contributed by atoms with Crippen LogP contribution in [0, 0.1) is 6.92 Å². The van der Waals surface area contributed by atoms with Crippen LogP contribution >= 0.6 is 24.0 Å². The van der Waals surface area contributed by atoms with Crippen molar-refractivity contribution >= 4 is 51.7 Å². The molecule has 1 saturated heterocycles. The van der Waals surface area contributed by atoms with Crippen molar-refractivity contribution in [3.05, 3.63) is 44.7 Å². The second kappa shape index (κ2) is 13.0. The molecular weight excluding hydrogens is 468 g/mol. The van der Waals surface area contributed by atoms with Gasteiger partial charge in [0, 0.05) is 32.5 Å². The van der Waals surface area contributed by atoms with Crippen LogP contribution in [0.5, 0.6) is 0 Å². The molecule has 7 nitrogen and oxygen atoms in total. The zero-order valence-electron chi connectivity index (χ0n) is 20.3. The zero-order valence-corrected chi connectivity index (χ0v) is 21.9. The van der Waals surface area contributed by atoms with E-state index in [0.29, 0.717) is 52.6 Å². The molecule has 1 fully saturated rings. The smallest absolute Gasteiger partial charge is 0.267 e. The zero-order chi connectivity index (χ0) is 24.5. The number of rotatable bonds is 13. The van der Waals surface area contributed by atoms with Gasteiger partial charge >= 0.3 is 0 Å². The normalized spacial score (nSPS) is 15.1. The van der Waals surface area contributed by atoms with Gasteiger partial charge in [-0.3, -0.25) is 18.9 Å². The maximum absolute atomic E-state index is 13.4.